The molecule has 1 heterocycles. The highest BCUT2D eigenvalue weighted by Crippen LogP contribution is 2.21. The third-order valence-corrected chi connectivity index (χ3v) is 3.54. The molecule has 0 saturated heterocycles. The van der Waals surface area contributed by atoms with Gasteiger partial charge < -0.3 is 14.6 Å². The quantitative estimate of drug-likeness (QED) is 0.835. The molecule has 1 N–H and O–H groups in total. The maximum atomic E-state index is 11.4. The second-order valence-corrected chi connectivity index (χ2v) is 5.07. The van der Waals surface area contributed by atoms with Crippen LogP contribution in [0.2, 0.25) is 0 Å². The van der Waals surface area contributed by atoms with Crippen LogP contribution in [-0.4, -0.2) is 23.7 Å². The van der Waals surface area contributed by atoms with Gasteiger partial charge in [-0.05, 0) is 35.9 Å². The van der Waals surface area contributed by atoms with Crippen molar-refractivity contribution in [3.05, 3.63) is 36.0 Å². The molecule has 1 saturated carbocycles. The third kappa shape index (κ3) is 2.79. The lowest BCUT2D eigenvalue weighted by atomic mass is 10.1. The van der Waals surface area contributed by atoms with Gasteiger partial charge in [-0.25, -0.2) is 0 Å². The summed E-state index contributed by atoms with van der Waals surface area (Å²) in [4.78, 5) is 11.4. The van der Waals surface area contributed by atoms with Crippen LogP contribution in [0.1, 0.15) is 18.4 Å². The Hall–Kier alpha value is -1.81. The summed E-state index contributed by atoms with van der Waals surface area (Å²) in [6.07, 6.45) is 4.52. The first kappa shape index (κ1) is 12.2. The third-order valence-electron chi connectivity index (χ3n) is 3.54. The lowest BCUT2D eigenvalue weighted by molar-refractivity contribution is -0.141. The Morgan fingerprint density at radius 3 is 3.00 bits per heavy atom. The molecule has 0 amide bonds. The van der Waals surface area contributed by atoms with E-state index in [0.717, 1.165) is 17.4 Å². The van der Waals surface area contributed by atoms with Crippen LogP contribution in [0.4, 0.5) is 0 Å². The number of methoxy groups -OCH3 is 1. The van der Waals surface area contributed by atoms with Crippen molar-refractivity contribution in [3.63, 3.8) is 0 Å². The molecule has 100 valence electrons. The van der Waals surface area contributed by atoms with Crippen molar-refractivity contribution in [2.75, 3.05) is 7.11 Å². The van der Waals surface area contributed by atoms with Crippen molar-refractivity contribution < 1.29 is 9.53 Å². The van der Waals surface area contributed by atoms with E-state index in [-0.39, 0.29) is 12.5 Å². The number of esters is 1. The fraction of sp³-hybridized carbons (Fsp3) is 0.400. The summed E-state index contributed by atoms with van der Waals surface area (Å²) in [7, 11) is 1.42. The summed E-state index contributed by atoms with van der Waals surface area (Å²) in [6.45, 7) is 1.16. The van der Waals surface area contributed by atoms with Gasteiger partial charge in [-0.1, -0.05) is 12.1 Å². The van der Waals surface area contributed by atoms with Gasteiger partial charge in [-0.2, -0.15) is 0 Å². The lowest BCUT2D eigenvalue weighted by Crippen LogP contribution is -2.15. The largest absolute Gasteiger partial charge is 0.468 e. The molecule has 0 spiro atoms. The average Bonchev–Trinajstić information content (AvgIpc) is 3.18. The molecule has 3 rings (SSSR count). The van der Waals surface area contributed by atoms with Gasteiger partial charge in [-0.3, -0.25) is 4.79 Å². The van der Waals surface area contributed by atoms with E-state index in [1.807, 2.05) is 16.8 Å². The summed E-state index contributed by atoms with van der Waals surface area (Å²) in [5.74, 6) is -0.223. The summed E-state index contributed by atoms with van der Waals surface area (Å²) in [5.41, 5.74) is 2.34. The van der Waals surface area contributed by atoms with Gasteiger partial charge in [0.15, 0.2) is 0 Å². The minimum Gasteiger partial charge on any atom is -0.468 e. The van der Waals surface area contributed by atoms with Crippen LogP contribution >= 0.6 is 0 Å². The average molecular weight is 258 g/mol. The highest BCUT2D eigenvalue weighted by atomic mass is 16.5. The lowest BCUT2D eigenvalue weighted by Gasteiger charge is -2.07. The number of rotatable bonds is 5. The van der Waals surface area contributed by atoms with Gasteiger partial charge >= 0.3 is 5.97 Å². The number of hydrogen-bond acceptors (Lipinski definition) is 3. The fourth-order valence-electron chi connectivity index (χ4n) is 2.23. The van der Waals surface area contributed by atoms with Crippen molar-refractivity contribution >= 4 is 16.9 Å². The number of nitrogens with zero attached hydrogens (tertiary/aromatic N) is 1. The molecule has 2 aromatic rings. The van der Waals surface area contributed by atoms with Gasteiger partial charge in [0.25, 0.3) is 0 Å². The minimum atomic E-state index is -0.223. The second-order valence-electron chi connectivity index (χ2n) is 5.07. The Kier molecular flexibility index (Phi) is 3.25. The molecule has 4 heteroatoms. The number of fused-ring (bicyclic) bond motifs is 1. The molecule has 1 aromatic carbocycles. The predicted octanol–water partition coefficient (Wildman–Crippen LogP) is 2.07. The van der Waals surface area contributed by atoms with Gasteiger partial charge in [-0.15, -0.1) is 0 Å². The van der Waals surface area contributed by atoms with Gasteiger partial charge in [0.2, 0.25) is 0 Å². The molecule has 0 atom stereocenters. The monoisotopic (exact) mass is 258 g/mol. The Morgan fingerprint density at radius 1 is 1.42 bits per heavy atom. The van der Waals surface area contributed by atoms with Crippen LogP contribution in [0, 0.1) is 0 Å². The predicted molar refractivity (Wildman–Crippen MR) is 73.8 cm³/mol. The number of carbonyl (C=O) groups excluding carboxylic acids is 1. The highest BCUT2D eigenvalue weighted by Gasteiger charge is 2.19. The number of benzene rings is 1. The van der Waals surface area contributed by atoms with Crippen LogP contribution < -0.4 is 5.32 Å². The molecule has 0 aliphatic heterocycles. The molecule has 1 fully saturated rings. The normalized spacial score (nSPS) is 14.8. The van der Waals surface area contributed by atoms with E-state index in [4.69, 9.17) is 4.74 Å². The van der Waals surface area contributed by atoms with Crippen LogP contribution in [0.15, 0.2) is 30.5 Å². The zero-order valence-electron chi connectivity index (χ0n) is 11.1. The molecule has 1 aromatic heterocycles. The first-order valence-corrected chi connectivity index (χ1v) is 6.64. The van der Waals surface area contributed by atoms with E-state index >= 15 is 0 Å². The molecule has 1 aliphatic rings. The van der Waals surface area contributed by atoms with Crippen LogP contribution in [-0.2, 0) is 22.6 Å². The molecule has 0 unspecified atom stereocenters. The van der Waals surface area contributed by atoms with Crippen LogP contribution in [0.5, 0.6) is 0 Å². The van der Waals surface area contributed by atoms with Crippen molar-refractivity contribution in [1.29, 1.82) is 0 Å². The topological polar surface area (TPSA) is 43.3 Å². The summed E-state index contributed by atoms with van der Waals surface area (Å²) in [6, 6.07) is 9.12. The Bertz CT molecular complexity index is 599. The van der Waals surface area contributed by atoms with Crippen molar-refractivity contribution in [2.45, 2.75) is 32.0 Å². The van der Waals surface area contributed by atoms with Crippen LogP contribution in [0.25, 0.3) is 10.9 Å². The molecular weight excluding hydrogens is 240 g/mol. The first-order valence-electron chi connectivity index (χ1n) is 6.64. The number of nitrogens with one attached hydrogen (secondary N) is 1. The van der Waals surface area contributed by atoms with E-state index in [9.17, 15) is 4.79 Å². The van der Waals surface area contributed by atoms with E-state index in [2.05, 4.69) is 23.5 Å². The van der Waals surface area contributed by atoms with E-state index < -0.39 is 0 Å². The second kappa shape index (κ2) is 5.05. The van der Waals surface area contributed by atoms with Crippen molar-refractivity contribution in [3.8, 4) is 0 Å². The van der Waals surface area contributed by atoms with Gasteiger partial charge in [0.1, 0.15) is 6.54 Å². The van der Waals surface area contributed by atoms with E-state index in [1.165, 1.54) is 25.5 Å². The zero-order chi connectivity index (χ0) is 13.2. The minimum absolute atomic E-state index is 0.223. The highest BCUT2D eigenvalue weighted by molar-refractivity contribution is 5.82. The van der Waals surface area contributed by atoms with Crippen LogP contribution in [0.3, 0.4) is 0 Å². The Labute approximate surface area is 112 Å². The molecule has 4 nitrogen and oxygen atoms in total. The molecule has 19 heavy (non-hydrogen) atoms. The summed E-state index contributed by atoms with van der Waals surface area (Å²) < 4.78 is 6.65. The standard InChI is InChI=1S/C15H18N2O2/c1-19-15(18)10-17-7-6-12-3-2-11(8-14(12)17)9-16-13-4-5-13/h2-3,6-8,13,16H,4-5,9-10H2,1H3. The first-order chi connectivity index (χ1) is 9.26. The number of carbonyl (C=O) groups is 1. The molecule has 1 aliphatic carbocycles. The van der Waals surface area contributed by atoms with Gasteiger partial charge in [0.05, 0.1) is 7.11 Å². The van der Waals surface area contributed by atoms with Crippen molar-refractivity contribution in [1.82, 2.24) is 9.88 Å². The molecule has 0 radical (unpaired) electrons. The number of ether oxygens (including phenoxy) is 1. The Balaban J connectivity index is 1.82. The SMILES string of the molecule is COC(=O)Cn1ccc2ccc(CNC3CC3)cc21. The number of aromatic nitrogens is 1. The van der Waals surface area contributed by atoms with E-state index in [0.29, 0.717) is 6.04 Å². The number of hydrogen-bond donors (Lipinski definition) is 1. The van der Waals surface area contributed by atoms with E-state index in [1.54, 1.807) is 0 Å². The fourth-order valence-corrected chi connectivity index (χ4v) is 2.23. The zero-order valence-corrected chi connectivity index (χ0v) is 11.1. The maximum absolute atomic E-state index is 11.4. The van der Waals surface area contributed by atoms with Gasteiger partial charge in [0, 0.05) is 24.3 Å². The Morgan fingerprint density at radius 2 is 2.26 bits per heavy atom. The van der Waals surface area contributed by atoms with Crippen molar-refractivity contribution in [2.24, 2.45) is 0 Å². The summed E-state index contributed by atoms with van der Waals surface area (Å²) >= 11 is 0. The molecular formula is C15H18N2O2. The maximum Gasteiger partial charge on any atom is 0.325 e. The summed E-state index contributed by atoms with van der Waals surface area (Å²) in [5, 5.41) is 4.65. The smallest absolute Gasteiger partial charge is 0.325 e. The molecule has 0 bridgehead atoms.